The molecule has 6 nitrogen and oxygen atoms in total. The number of nitrogens with zero attached hydrogens (tertiary/aromatic N) is 4. The summed E-state index contributed by atoms with van der Waals surface area (Å²) >= 11 is 0. The number of aromatic nitrogens is 2. The van der Waals surface area contributed by atoms with Gasteiger partial charge in [0.25, 0.3) is 0 Å². The first-order valence-corrected chi connectivity index (χ1v) is 9.76. The highest BCUT2D eigenvalue weighted by Gasteiger charge is 2.46. The van der Waals surface area contributed by atoms with Gasteiger partial charge < -0.3 is 14.2 Å². The molecule has 0 N–H and O–H groups in total. The minimum absolute atomic E-state index is 0.0737. The van der Waals surface area contributed by atoms with E-state index in [0.29, 0.717) is 12.3 Å². The Morgan fingerprint density at radius 1 is 1.28 bits per heavy atom. The molecule has 1 aromatic heterocycles. The Morgan fingerprint density at radius 2 is 2.20 bits per heavy atom. The van der Waals surface area contributed by atoms with Crippen molar-refractivity contribution >= 4 is 5.91 Å². The van der Waals surface area contributed by atoms with Crippen LogP contribution in [0.5, 0.6) is 0 Å². The second-order valence-corrected chi connectivity index (χ2v) is 7.99. The number of hydrogen-bond donors (Lipinski definition) is 0. The maximum absolute atomic E-state index is 12.6. The Bertz CT molecular complexity index is 610. The highest BCUT2D eigenvalue weighted by molar-refractivity contribution is 5.79. The number of rotatable bonds is 4. The first-order chi connectivity index (χ1) is 12.2. The van der Waals surface area contributed by atoms with Crippen molar-refractivity contribution in [1.29, 1.82) is 0 Å². The molecule has 2 atom stereocenters. The van der Waals surface area contributed by atoms with Gasteiger partial charge >= 0.3 is 0 Å². The van der Waals surface area contributed by atoms with E-state index >= 15 is 0 Å². The normalized spacial score (nSPS) is 31.2. The minimum atomic E-state index is 0.0737. The molecule has 0 aliphatic carbocycles. The van der Waals surface area contributed by atoms with Crippen molar-refractivity contribution in [2.24, 2.45) is 7.05 Å². The van der Waals surface area contributed by atoms with Crippen molar-refractivity contribution in [2.45, 2.75) is 63.1 Å². The lowest BCUT2D eigenvalue weighted by Crippen LogP contribution is -2.49. The second kappa shape index (κ2) is 7.08. The minimum Gasteiger partial charge on any atom is -0.376 e. The van der Waals surface area contributed by atoms with Crippen LogP contribution < -0.4 is 0 Å². The zero-order valence-electron chi connectivity index (χ0n) is 15.3. The topological polar surface area (TPSA) is 50.6 Å². The maximum atomic E-state index is 12.6. The molecule has 3 fully saturated rings. The zero-order chi connectivity index (χ0) is 17.3. The van der Waals surface area contributed by atoms with Crippen molar-refractivity contribution in [2.75, 3.05) is 26.2 Å². The smallest absolute Gasteiger partial charge is 0.223 e. The van der Waals surface area contributed by atoms with Crippen LogP contribution in [0.15, 0.2) is 12.5 Å². The molecule has 1 spiro atoms. The van der Waals surface area contributed by atoms with Crippen molar-refractivity contribution in [1.82, 2.24) is 19.4 Å². The lowest BCUT2D eigenvalue weighted by molar-refractivity contribution is -0.133. The van der Waals surface area contributed by atoms with Gasteiger partial charge in [-0.1, -0.05) is 0 Å². The lowest BCUT2D eigenvalue weighted by Gasteiger charge is -2.39. The van der Waals surface area contributed by atoms with Crippen LogP contribution in [0.2, 0.25) is 0 Å². The number of imidazole rings is 1. The fourth-order valence-electron chi connectivity index (χ4n) is 4.84. The van der Waals surface area contributed by atoms with Crippen molar-refractivity contribution < 1.29 is 9.53 Å². The molecule has 2 unspecified atom stereocenters. The largest absolute Gasteiger partial charge is 0.376 e. The zero-order valence-corrected chi connectivity index (χ0v) is 15.3. The van der Waals surface area contributed by atoms with E-state index in [9.17, 15) is 4.79 Å². The predicted molar refractivity (Wildman–Crippen MR) is 95.0 cm³/mol. The van der Waals surface area contributed by atoms with Crippen LogP contribution in [0.25, 0.3) is 0 Å². The molecule has 4 rings (SSSR count). The molecule has 3 saturated heterocycles. The quantitative estimate of drug-likeness (QED) is 0.836. The molecule has 1 amide bonds. The Kier molecular flexibility index (Phi) is 4.82. The molecule has 0 radical (unpaired) electrons. The number of amides is 1. The first kappa shape index (κ1) is 17.0. The average molecular weight is 346 g/mol. The van der Waals surface area contributed by atoms with Gasteiger partial charge in [-0.3, -0.25) is 9.69 Å². The van der Waals surface area contributed by atoms with Crippen molar-refractivity contribution in [3.63, 3.8) is 0 Å². The van der Waals surface area contributed by atoms with Gasteiger partial charge in [0.2, 0.25) is 5.91 Å². The van der Waals surface area contributed by atoms with Gasteiger partial charge in [-0.25, -0.2) is 4.98 Å². The van der Waals surface area contributed by atoms with E-state index in [4.69, 9.17) is 4.74 Å². The molecule has 0 saturated carbocycles. The molecule has 0 aromatic carbocycles. The molecular weight excluding hydrogens is 316 g/mol. The number of hydrogen-bond acceptors (Lipinski definition) is 4. The van der Waals surface area contributed by atoms with Crippen LogP contribution in [0, 0.1) is 0 Å². The van der Waals surface area contributed by atoms with E-state index in [1.54, 1.807) is 0 Å². The third-order valence-corrected chi connectivity index (χ3v) is 6.40. The maximum Gasteiger partial charge on any atom is 0.223 e. The third kappa shape index (κ3) is 3.47. The Hall–Kier alpha value is -1.40. The standard InChI is InChI=1S/C19H30N4O2/c1-21-15-20-12-16(21)13-22-9-3-6-19(8-10-22)7-5-18(24)23(19)14-17-4-2-11-25-17/h12,15,17H,2-11,13-14H2,1H3. The molecule has 6 heteroatoms. The van der Waals surface area contributed by atoms with Crippen LogP contribution in [0.4, 0.5) is 0 Å². The molecule has 3 aliphatic rings. The van der Waals surface area contributed by atoms with Crippen LogP contribution >= 0.6 is 0 Å². The summed E-state index contributed by atoms with van der Waals surface area (Å²) < 4.78 is 7.92. The number of carbonyl (C=O) groups excluding carboxylic acids is 1. The van der Waals surface area contributed by atoms with Gasteiger partial charge in [0, 0.05) is 51.4 Å². The summed E-state index contributed by atoms with van der Waals surface area (Å²) in [6.07, 6.45) is 11.4. The average Bonchev–Trinajstić information content (AvgIpc) is 3.28. The summed E-state index contributed by atoms with van der Waals surface area (Å²) in [5.74, 6) is 0.343. The van der Waals surface area contributed by atoms with E-state index in [-0.39, 0.29) is 11.6 Å². The van der Waals surface area contributed by atoms with Gasteiger partial charge in [-0.2, -0.15) is 0 Å². The van der Waals surface area contributed by atoms with E-state index < -0.39 is 0 Å². The lowest BCUT2D eigenvalue weighted by atomic mass is 9.87. The number of aryl methyl sites for hydroxylation is 1. The van der Waals surface area contributed by atoms with Gasteiger partial charge in [0.05, 0.1) is 18.1 Å². The summed E-state index contributed by atoms with van der Waals surface area (Å²) in [7, 11) is 2.06. The number of carbonyl (C=O) groups is 1. The van der Waals surface area contributed by atoms with E-state index in [1.807, 2.05) is 12.5 Å². The van der Waals surface area contributed by atoms with E-state index in [2.05, 4.69) is 26.4 Å². The molecule has 138 valence electrons. The summed E-state index contributed by atoms with van der Waals surface area (Å²) in [5.41, 5.74) is 1.33. The van der Waals surface area contributed by atoms with Gasteiger partial charge in [-0.05, 0) is 45.1 Å². The molecule has 0 bridgehead atoms. The summed E-state index contributed by atoms with van der Waals surface area (Å²) in [4.78, 5) is 21.5. The predicted octanol–water partition coefficient (Wildman–Crippen LogP) is 1.95. The Morgan fingerprint density at radius 3 is 2.96 bits per heavy atom. The number of likely N-dealkylation sites (tertiary alicyclic amines) is 2. The van der Waals surface area contributed by atoms with Crippen molar-refractivity contribution in [3.05, 3.63) is 18.2 Å². The SMILES string of the molecule is Cn1cncc1CN1CCCC2(CCC(=O)N2CC2CCCO2)CC1. The van der Waals surface area contributed by atoms with Gasteiger partial charge in [0.15, 0.2) is 0 Å². The fourth-order valence-corrected chi connectivity index (χ4v) is 4.84. The summed E-state index contributed by atoms with van der Waals surface area (Å²) in [5, 5.41) is 0. The summed E-state index contributed by atoms with van der Waals surface area (Å²) in [6.45, 7) is 4.78. The van der Waals surface area contributed by atoms with Crippen LogP contribution in [-0.2, 0) is 23.1 Å². The molecular formula is C19H30N4O2. The monoisotopic (exact) mass is 346 g/mol. The molecule has 3 aliphatic heterocycles. The van der Waals surface area contributed by atoms with Crippen LogP contribution in [-0.4, -0.2) is 63.1 Å². The summed E-state index contributed by atoms with van der Waals surface area (Å²) in [6, 6.07) is 0. The van der Waals surface area contributed by atoms with Gasteiger partial charge in [-0.15, -0.1) is 0 Å². The Balaban J connectivity index is 1.42. The van der Waals surface area contributed by atoms with E-state index in [0.717, 1.165) is 71.3 Å². The highest BCUT2D eigenvalue weighted by Crippen LogP contribution is 2.40. The van der Waals surface area contributed by atoms with Crippen molar-refractivity contribution in [3.8, 4) is 0 Å². The second-order valence-electron chi connectivity index (χ2n) is 7.99. The first-order valence-electron chi connectivity index (χ1n) is 9.76. The van der Waals surface area contributed by atoms with Crippen LogP contribution in [0.3, 0.4) is 0 Å². The van der Waals surface area contributed by atoms with E-state index in [1.165, 1.54) is 5.69 Å². The molecule has 25 heavy (non-hydrogen) atoms. The molecule has 1 aromatic rings. The fraction of sp³-hybridized carbons (Fsp3) is 0.789. The third-order valence-electron chi connectivity index (χ3n) is 6.40. The van der Waals surface area contributed by atoms with Gasteiger partial charge in [0.1, 0.15) is 0 Å². The Labute approximate surface area is 150 Å². The highest BCUT2D eigenvalue weighted by atomic mass is 16.5. The molecule has 4 heterocycles. The number of ether oxygens (including phenoxy) is 1. The van der Waals surface area contributed by atoms with Crippen LogP contribution in [0.1, 0.15) is 50.6 Å².